The van der Waals surface area contributed by atoms with Crippen LogP contribution in [0.15, 0.2) is 53.7 Å². The number of rotatable bonds is 9. The molecule has 1 aliphatic rings. The summed E-state index contributed by atoms with van der Waals surface area (Å²) in [6.07, 6.45) is 1.16. The van der Waals surface area contributed by atoms with Gasteiger partial charge in [0.1, 0.15) is 0 Å². The maximum absolute atomic E-state index is 12.8. The van der Waals surface area contributed by atoms with Crippen molar-refractivity contribution in [3.63, 3.8) is 0 Å². The Balaban J connectivity index is 1.95. The Morgan fingerprint density at radius 1 is 1.09 bits per heavy atom. The lowest BCUT2D eigenvalue weighted by Gasteiger charge is -2.29. The van der Waals surface area contributed by atoms with Gasteiger partial charge in [-0.1, -0.05) is 25.5 Å². The average Bonchev–Trinajstić information content (AvgIpc) is 2.84. The van der Waals surface area contributed by atoms with Gasteiger partial charge in [-0.05, 0) is 37.1 Å². The zero-order valence-corrected chi connectivity index (χ0v) is 19.5. The highest BCUT2D eigenvalue weighted by atomic mass is 16.6. The first-order valence-corrected chi connectivity index (χ1v) is 10.9. The Labute approximate surface area is 201 Å². The molecule has 2 N–H and O–H groups in total. The van der Waals surface area contributed by atoms with Crippen molar-refractivity contribution in [3.05, 3.63) is 75.0 Å². The number of esters is 2. The van der Waals surface area contributed by atoms with Crippen molar-refractivity contribution < 1.29 is 33.5 Å². The first-order valence-electron chi connectivity index (χ1n) is 10.9. The van der Waals surface area contributed by atoms with Crippen molar-refractivity contribution in [3.8, 4) is 11.5 Å². The Morgan fingerprint density at radius 3 is 2.51 bits per heavy atom. The zero-order valence-electron chi connectivity index (χ0n) is 19.5. The number of methoxy groups -OCH3 is 1. The second-order valence-corrected chi connectivity index (χ2v) is 7.50. The summed E-state index contributed by atoms with van der Waals surface area (Å²) >= 11 is 0. The van der Waals surface area contributed by atoms with E-state index in [4.69, 9.17) is 14.2 Å². The van der Waals surface area contributed by atoms with E-state index in [0.717, 1.165) is 6.07 Å². The Bertz CT molecular complexity index is 1190. The van der Waals surface area contributed by atoms with Gasteiger partial charge in [0.15, 0.2) is 11.5 Å². The van der Waals surface area contributed by atoms with Crippen molar-refractivity contribution in [2.45, 2.75) is 32.7 Å². The largest absolute Gasteiger partial charge is 0.493 e. The lowest BCUT2D eigenvalue weighted by atomic mass is 9.93. The van der Waals surface area contributed by atoms with Gasteiger partial charge in [0, 0.05) is 17.8 Å². The molecule has 2 amide bonds. The molecule has 0 bridgehead atoms. The molecule has 2 aromatic rings. The number of ether oxygens (including phenoxy) is 3. The quantitative estimate of drug-likeness (QED) is 0.237. The molecule has 0 saturated heterocycles. The van der Waals surface area contributed by atoms with E-state index >= 15 is 0 Å². The first kappa shape index (κ1) is 25.2. The molecule has 1 aliphatic heterocycles. The number of nitrogens with zero attached hydrogens (tertiary/aromatic N) is 1. The molecule has 1 heterocycles. The third-order valence-corrected chi connectivity index (χ3v) is 5.17. The van der Waals surface area contributed by atoms with Crippen LogP contribution in [0.4, 0.5) is 10.5 Å². The number of non-ortho nitro benzene ring substituents is 1. The number of benzene rings is 2. The smallest absolute Gasteiger partial charge is 0.343 e. The zero-order chi connectivity index (χ0) is 25.5. The maximum atomic E-state index is 12.8. The van der Waals surface area contributed by atoms with E-state index < -0.39 is 28.9 Å². The summed E-state index contributed by atoms with van der Waals surface area (Å²) in [5.41, 5.74) is 0.998. The minimum Gasteiger partial charge on any atom is -0.493 e. The molecule has 2 aromatic carbocycles. The van der Waals surface area contributed by atoms with Crippen LogP contribution in [0.2, 0.25) is 0 Å². The number of urea groups is 1. The van der Waals surface area contributed by atoms with Gasteiger partial charge < -0.3 is 24.8 Å². The van der Waals surface area contributed by atoms with Gasteiger partial charge in [-0.3, -0.25) is 10.1 Å². The van der Waals surface area contributed by atoms with Crippen LogP contribution in [-0.4, -0.2) is 36.6 Å². The van der Waals surface area contributed by atoms with Crippen molar-refractivity contribution >= 4 is 23.7 Å². The molecule has 0 aromatic heterocycles. The second kappa shape index (κ2) is 11.1. The molecule has 1 unspecified atom stereocenters. The molecule has 11 nitrogen and oxygen atoms in total. The number of allylic oxidation sites excluding steroid dienone is 1. The van der Waals surface area contributed by atoms with E-state index in [1.54, 1.807) is 13.0 Å². The molecular weight excluding hydrogens is 458 g/mol. The number of nitrogens with one attached hydrogen (secondary N) is 2. The minimum absolute atomic E-state index is 0.00677. The molecule has 184 valence electrons. The maximum Gasteiger partial charge on any atom is 0.343 e. The summed E-state index contributed by atoms with van der Waals surface area (Å²) in [4.78, 5) is 48.0. The number of nitro benzene ring substituents is 1. The molecule has 11 heteroatoms. The standard InChI is InChI=1S/C24H25N3O8/c1-4-7-17-20(23(29)34-5-2)21(26-24(30)25-17)14-10-11-18(19(13-14)33-3)35-22(28)15-8-6-9-16(12-15)27(31)32/h6,8-13,21H,4-5,7H2,1-3H3,(H2,25,26,30). The fraction of sp³-hybridized carbons (Fsp3) is 0.292. The monoisotopic (exact) mass is 483 g/mol. The fourth-order valence-corrected chi connectivity index (χ4v) is 3.62. The second-order valence-electron chi connectivity index (χ2n) is 7.50. The van der Waals surface area contributed by atoms with Crippen LogP contribution < -0.4 is 20.1 Å². The van der Waals surface area contributed by atoms with Gasteiger partial charge in [-0.25, -0.2) is 14.4 Å². The first-order chi connectivity index (χ1) is 16.8. The normalized spacial score (nSPS) is 15.1. The number of hydrogen-bond acceptors (Lipinski definition) is 8. The van der Waals surface area contributed by atoms with Crippen molar-refractivity contribution in [1.82, 2.24) is 10.6 Å². The number of carbonyl (C=O) groups is 3. The van der Waals surface area contributed by atoms with Crippen LogP contribution >= 0.6 is 0 Å². The van der Waals surface area contributed by atoms with Gasteiger partial charge >= 0.3 is 18.0 Å². The highest BCUT2D eigenvalue weighted by Crippen LogP contribution is 2.35. The van der Waals surface area contributed by atoms with Crippen molar-refractivity contribution in [2.24, 2.45) is 0 Å². The Hall–Kier alpha value is -4.41. The lowest BCUT2D eigenvalue weighted by molar-refractivity contribution is -0.384. The van der Waals surface area contributed by atoms with Crippen molar-refractivity contribution in [2.75, 3.05) is 13.7 Å². The van der Waals surface area contributed by atoms with Gasteiger partial charge in [0.05, 0.1) is 35.8 Å². The van der Waals surface area contributed by atoms with Gasteiger partial charge in [0.25, 0.3) is 5.69 Å². The highest BCUT2D eigenvalue weighted by molar-refractivity contribution is 5.95. The summed E-state index contributed by atoms with van der Waals surface area (Å²) in [6.45, 7) is 3.78. The van der Waals surface area contributed by atoms with Gasteiger partial charge in [-0.15, -0.1) is 0 Å². The van der Waals surface area contributed by atoms with E-state index in [1.165, 1.54) is 37.4 Å². The van der Waals surface area contributed by atoms with E-state index in [0.29, 0.717) is 24.1 Å². The molecular formula is C24H25N3O8. The van der Waals surface area contributed by atoms with E-state index in [9.17, 15) is 24.5 Å². The summed E-state index contributed by atoms with van der Waals surface area (Å²) in [5.74, 6) is -1.15. The summed E-state index contributed by atoms with van der Waals surface area (Å²) in [5, 5.41) is 16.4. The molecule has 35 heavy (non-hydrogen) atoms. The van der Waals surface area contributed by atoms with E-state index in [2.05, 4.69) is 10.6 Å². The molecule has 0 radical (unpaired) electrons. The number of carbonyl (C=O) groups excluding carboxylic acids is 3. The van der Waals surface area contributed by atoms with Crippen LogP contribution in [0, 0.1) is 10.1 Å². The third kappa shape index (κ3) is 5.75. The topological polar surface area (TPSA) is 146 Å². The molecule has 0 spiro atoms. The number of amides is 2. The van der Waals surface area contributed by atoms with E-state index in [1.807, 2.05) is 6.92 Å². The molecule has 3 rings (SSSR count). The summed E-state index contributed by atoms with van der Waals surface area (Å²) < 4.78 is 16.0. The highest BCUT2D eigenvalue weighted by Gasteiger charge is 2.34. The molecule has 1 atom stereocenters. The predicted molar refractivity (Wildman–Crippen MR) is 124 cm³/mol. The van der Waals surface area contributed by atoms with Crippen LogP contribution in [0.1, 0.15) is 48.7 Å². The third-order valence-electron chi connectivity index (χ3n) is 5.17. The number of nitro groups is 1. The minimum atomic E-state index is -0.820. The summed E-state index contributed by atoms with van der Waals surface area (Å²) in [6, 6.07) is 8.44. The van der Waals surface area contributed by atoms with Gasteiger partial charge in [0.2, 0.25) is 0 Å². The molecule has 0 fully saturated rings. The molecule has 0 aliphatic carbocycles. The predicted octanol–water partition coefficient (Wildman–Crippen LogP) is 3.79. The lowest BCUT2D eigenvalue weighted by Crippen LogP contribution is -2.46. The van der Waals surface area contributed by atoms with Crippen LogP contribution in [0.3, 0.4) is 0 Å². The Morgan fingerprint density at radius 2 is 1.86 bits per heavy atom. The summed E-state index contributed by atoms with van der Waals surface area (Å²) in [7, 11) is 1.37. The van der Waals surface area contributed by atoms with E-state index in [-0.39, 0.29) is 34.9 Å². The van der Waals surface area contributed by atoms with Crippen molar-refractivity contribution in [1.29, 1.82) is 0 Å². The fourth-order valence-electron chi connectivity index (χ4n) is 3.62. The number of hydrogen-bond donors (Lipinski definition) is 2. The Kier molecular flexibility index (Phi) is 8.03. The van der Waals surface area contributed by atoms with Crippen LogP contribution in [-0.2, 0) is 9.53 Å². The SMILES string of the molecule is CCCC1=C(C(=O)OCC)C(c2ccc(OC(=O)c3cccc([N+](=O)[O-])c3)c(OC)c2)NC(=O)N1. The van der Waals surface area contributed by atoms with Gasteiger partial charge in [-0.2, -0.15) is 0 Å². The average molecular weight is 483 g/mol. The van der Waals surface area contributed by atoms with Crippen LogP contribution in [0.25, 0.3) is 0 Å². The van der Waals surface area contributed by atoms with Crippen LogP contribution in [0.5, 0.6) is 11.5 Å². The molecule has 0 saturated carbocycles.